The molecule has 0 bridgehead atoms. The fraction of sp³-hybridized carbons (Fsp3) is 0.450. The first-order valence-corrected chi connectivity index (χ1v) is 23.0. The van der Waals surface area contributed by atoms with E-state index >= 15 is 0 Å². The largest absolute Gasteiger partial charge is 0.486 e. The first-order chi connectivity index (χ1) is 29.0. The van der Waals surface area contributed by atoms with E-state index in [1.165, 1.54) is 0 Å². The highest BCUT2D eigenvalue weighted by atomic mass is 35.5. The highest BCUT2D eigenvalue weighted by molar-refractivity contribution is 7.92. The van der Waals surface area contributed by atoms with E-state index in [4.69, 9.17) is 30.5 Å². The SMILES string of the molecule is Cl.O=c1[nH]c(CCl)cn2c(C3CCOCC3)ncc12.O=c1[nH]c(CN2CC(Oc3cccnc3)C2)cn2c(C3CCOCC3)ncc12.PP.c1cncc(OC2CNC2)c1. The Morgan fingerprint density at radius 1 is 0.717 bits per heavy atom. The van der Waals surface area contributed by atoms with Crippen LogP contribution in [0.5, 0.6) is 11.5 Å². The first kappa shape index (κ1) is 45.5. The van der Waals surface area contributed by atoms with Crippen molar-refractivity contribution in [1.29, 1.82) is 0 Å². The van der Waals surface area contributed by atoms with Crippen LogP contribution in [0.4, 0.5) is 0 Å². The van der Waals surface area contributed by atoms with Crippen molar-refractivity contribution in [2.24, 2.45) is 0 Å². The van der Waals surface area contributed by atoms with Gasteiger partial charge in [0.15, 0.2) is 0 Å². The van der Waals surface area contributed by atoms with Gasteiger partial charge in [-0.15, -0.1) is 41.9 Å². The highest BCUT2D eigenvalue weighted by Gasteiger charge is 2.29. The zero-order valence-electron chi connectivity index (χ0n) is 33.2. The number of hydrogen-bond donors (Lipinski definition) is 3. The third kappa shape index (κ3) is 11.7. The number of hydrogen-bond acceptors (Lipinski definition) is 12. The predicted molar refractivity (Wildman–Crippen MR) is 239 cm³/mol. The van der Waals surface area contributed by atoms with Crippen molar-refractivity contribution < 1.29 is 18.9 Å². The topological polar surface area (TPSA) is 178 Å². The second kappa shape index (κ2) is 22.7. The van der Waals surface area contributed by atoms with Gasteiger partial charge in [-0.25, -0.2) is 9.97 Å². The summed E-state index contributed by atoms with van der Waals surface area (Å²) in [5.41, 5.74) is 2.55. The molecule has 0 radical (unpaired) electrons. The maximum absolute atomic E-state index is 12.5. The van der Waals surface area contributed by atoms with Crippen LogP contribution >= 0.6 is 41.9 Å². The molecule has 3 N–H and O–H groups in total. The van der Waals surface area contributed by atoms with Gasteiger partial charge in [0.2, 0.25) is 0 Å². The van der Waals surface area contributed by atoms with Crippen molar-refractivity contribution in [3.8, 4) is 11.5 Å². The Morgan fingerprint density at radius 3 is 1.65 bits per heavy atom. The molecule has 0 saturated carbocycles. The molecule has 60 heavy (non-hydrogen) atoms. The molecule has 16 nitrogen and oxygen atoms in total. The summed E-state index contributed by atoms with van der Waals surface area (Å²) >= 11 is 5.78. The van der Waals surface area contributed by atoms with Crippen LogP contribution in [-0.2, 0) is 21.9 Å². The number of likely N-dealkylation sites (tertiary alicyclic amines) is 1. The predicted octanol–water partition coefficient (Wildman–Crippen LogP) is 4.74. The van der Waals surface area contributed by atoms with Crippen LogP contribution in [0.2, 0.25) is 0 Å². The van der Waals surface area contributed by atoms with Crippen LogP contribution in [0.15, 0.2) is 83.4 Å². The summed E-state index contributed by atoms with van der Waals surface area (Å²) in [5, 5.41) is 3.14. The molecule has 20 heteroatoms. The van der Waals surface area contributed by atoms with Gasteiger partial charge >= 0.3 is 0 Å². The third-order valence-corrected chi connectivity index (χ3v) is 10.8. The Morgan fingerprint density at radius 2 is 1.20 bits per heavy atom. The summed E-state index contributed by atoms with van der Waals surface area (Å²) in [6.07, 6.45) is 18.4. The van der Waals surface area contributed by atoms with Gasteiger partial charge in [0.25, 0.3) is 11.1 Å². The molecule has 0 aliphatic carbocycles. The molecule has 4 fully saturated rings. The van der Waals surface area contributed by atoms with Gasteiger partial charge in [0.05, 0.1) is 30.7 Å². The summed E-state index contributed by atoms with van der Waals surface area (Å²) in [6.45, 7) is 7.25. The number of H-pyrrole nitrogens is 2. The van der Waals surface area contributed by atoms with Crippen LogP contribution in [-0.4, -0.2) is 108 Å². The van der Waals surface area contributed by atoms with Gasteiger partial charge in [-0.05, 0) is 49.9 Å². The molecule has 6 aromatic rings. The van der Waals surface area contributed by atoms with Crippen molar-refractivity contribution >= 4 is 52.9 Å². The van der Waals surface area contributed by atoms with Gasteiger partial charge in [-0.2, -0.15) is 0 Å². The number of pyridine rings is 2. The number of aromatic amines is 2. The second-order valence-corrected chi connectivity index (χ2v) is 14.8. The zero-order chi connectivity index (χ0) is 41.0. The molecule has 2 atom stereocenters. The number of halogens is 2. The minimum atomic E-state index is -0.140. The standard InChI is InChI=1S/C20H23N5O3.C12H14ClN3O2.C8H10N2O.ClH.H4P2/c26-20-18-9-22-19(14-3-6-27-7-4-14)25(18)11-15(23-20)10-24-12-17(13-24)28-16-2-1-5-21-8-16;13-5-9-7-16-10(12(17)15-9)6-14-11(16)8-1-3-18-4-2-8;1-2-7(4-9-3-1)11-8-5-10-6-8;;1-2/h1-2,5,8-9,11,14,17H,3-4,6-7,10,12-13H2,(H,23,26);6-8H,1-5H2,(H,15,17);1-4,8,10H,5-6H2;1H;1-2H2. The van der Waals surface area contributed by atoms with Gasteiger partial charge in [-0.1, -0.05) is 0 Å². The Labute approximate surface area is 363 Å². The average Bonchev–Trinajstić information content (AvgIpc) is 3.90. The van der Waals surface area contributed by atoms with Crippen LogP contribution in [0.25, 0.3) is 11.0 Å². The number of alkyl halides is 1. The Bertz CT molecular complexity index is 2330. The van der Waals surface area contributed by atoms with Crippen LogP contribution in [0.3, 0.4) is 0 Å². The van der Waals surface area contributed by atoms with Crippen molar-refractivity contribution in [1.82, 2.24) is 48.9 Å². The van der Waals surface area contributed by atoms with Gasteiger partial charge in [-0.3, -0.25) is 33.3 Å². The molecule has 322 valence electrons. The third-order valence-electron chi connectivity index (χ3n) is 10.5. The summed E-state index contributed by atoms with van der Waals surface area (Å²) in [7, 11) is 4.67. The number of aromatic nitrogens is 8. The van der Waals surface area contributed by atoms with E-state index in [2.05, 4.69) is 58.0 Å². The number of rotatable bonds is 9. The molecular weight excluding hydrogens is 849 g/mol. The maximum atomic E-state index is 12.5. The van der Waals surface area contributed by atoms with Gasteiger partial charge in [0, 0.05) is 107 Å². The summed E-state index contributed by atoms with van der Waals surface area (Å²) in [6, 6.07) is 7.58. The van der Waals surface area contributed by atoms with E-state index in [9.17, 15) is 9.59 Å². The zero-order valence-corrected chi connectivity index (χ0v) is 37.0. The molecule has 10 heterocycles. The van der Waals surface area contributed by atoms with Crippen molar-refractivity contribution in [3.63, 3.8) is 0 Å². The number of nitrogens with one attached hydrogen (secondary N) is 3. The lowest BCUT2D eigenvalue weighted by Gasteiger charge is -2.38. The lowest BCUT2D eigenvalue weighted by Crippen LogP contribution is -2.53. The quantitative estimate of drug-likeness (QED) is 0.135. The van der Waals surface area contributed by atoms with Crippen LogP contribution in [0, 0.1) is 0 Å². The summed E-state index contributed by atoms with van der Waals surface area (Å²) in [4.78, 5) is 49.3. The minimum absolute atomic E-state index is 0. The van der Waals surface area contributed by atoms with E-state index < -0.39 is 0 Å². The molecule has 4 aliphatic rings. The molecule has 2 unspecified atom stereocenters. The first-order valence-electron chi connectivity index (χ1n) is 19.8. The molecule has 4 saturated heterocycles. The van der Waals surface area contributed by atoms with Gasteiger partial charge < -0.3 is 34.2 Å². The molecule has 0 amide bonds. The number of ether oxygens (including phenoxy) is 4. The lowest BCUT2D eigenvalue weighted by molar-refractivity contribution is 0.0135. The minimum Gasteiger partial charge on any atom is -0.486 e. The lowest BCUT2D eigenvalue weighted by atomic mass is 10.00. The monoisotopic (exact) mass is 900 g/mol. The second-order valence-electron chi connectivity index (χ2n) is 14.6. The fourth-order valence-corrected chi connectivity index (χ4v) is 7.48. The smallest absolute Gasteiger partial charge is 0.274 e. The van der Waals surface area contributed by atoms with Crippen LogP contribution < -0.4 is 25.9 Å². The maximum Gasteiger partial charge on any atom is 0.274 e. The summed E-state index contributed by atoms with van der Waals surface area (Å²) in [5.74, 6) is 4.54. The van der Waals surface area contributed by atoms with Crippen LogP contribution in [0.1, 0.15) is 60.6 Å². The van der Waals surface area contributed by atoms with Crippen molar-refractivity contribution in [3.05, 3.63) is 118 Å². The molecular formula is C40H52Cl2N10O6P2. The van der Waals surface area contributed by atoms with E-state index in [0.29, 0.717) is 41.2 Å². The van der Waals surface area contributed by atoms with Gasteiger partial charge in [0.1, 0.15) is 46.4 Å². The Kier molecular flexibility index (Phi) is 17.3. The average molecular weight is 902 g/mol. The molecule has 0 aromatic carbocycles. The van der Waals surface area contributed by atoms with E-state index in [0.717, 1.165) is 107 Å². The van der Waals surface area contributed by atoms with E-state index in [1.807, 2.05) is 45.5 Å². The number of imidazole rings is 2. The van der Waals surface area contributed by atoms with Crippen molar-refractivity contribution in [2.75, 3.05) is 52.6 Å². The van der Waals surface area contributed by atoms with E-state index in [-0.39, 0.29) is 35.5 Å². The number of nitrogens with zero attached hydrogens (tertiary/aromatic N) is 7. The van der Waals surface area contributed by atoms with Crippen molar-refractivity contribution in [2.45, 2.75) is 62.2 Å². The molecule has 6 aromatic heterocycles. The molecule has 4 aliphatic heterocycles. The number of fused-ring (bicyclic) bond motifs is 2. The fourth-order valence-electron chi connectivity index (χ4n) is 7.35. The molecule has 0 spiro atoms. The summed E-state index contributed by atoms with van der Waals surface area (Å²) < 4.78 is 26.1. The Balaban J connectivity index is 0.000000161. The Hall–Kier alpha value is -3.98. The van der Waals surface area contributed by atoms with E-state index in [1.54, 1.807) is 37.2 Å². The highest BCUT2D eigenvalue weighted by Crippen LogP contribution is 2.27. The molecule has 10 rings (SSSR count). The normalized spacial score (nSPS) is 17.4.